The number of para-hydroxylation sites is 1. The molecule has 0 aliphatic carbocycles. The van der Waals surface area contributed by atoms with Crippen molar-refractivity contribution in [3.05, 3.63) is 29.8 Å². The zero-order valence-corrected chi connectivity index (χ0v) is 14.1. The van der Waals surface area contributed by atoms with Gasteiger partial charge in [-0.25, -0.2) is 0 Å². The first kappa shape index (κ1) is 16.1. The molecular formula is C16H25NOS2. The third-order valence-corrected chi connectivity index (χ3v) is 6.22. The zero-order valence-electron chi connectivity index (χ0n) is 12.4. The number of ether oxygens (including phenoxy) is 1. The molecule has 1 aliphatic rings. The van der Waals surface area contributed by atoms with Crippen molar-refractivity contribution < 1.29 is 4.74 Å². The molecule has 1 aromatic carbocycles. The minimum atomic E-state index is 0.394. The van der Waals surface area contributed by atoms with Crippen LogP contribution in [0.4, 0.5) is 0 Å². The molecule has 1 saturated heterocycles. The van der Waals surface area contributed by atoms with Crippen LogP contribution in [0.25, 0.3) is 0 Å². The van der Waals surface area contributed by atoms with Gasteiger partial charge in [-0.05, 0) is 19.0 Å². The van der Waals surface area contributed by atoms with Gasteiger partial charge in [0.2, 0.25) is 0 Å². The van der Waals surface area contributed by atoms with Gasteiger partial charge in [0.25, 0.3) is 0 Å². The van der Waals surface area contributed by atoms with E-state index in [0.717, 1.165) is 25.3 Å². The highest BCUT2D eigenvalue weighted by atomic mass is 32.2. The lowest BCUT2D eigenvalue weighted by Gasteiger charge is -2.31. The van der Waals surface area contributed by atoms with Crippen LogP contribution in [0.5, 0.6) is 5.75 Å². The van der Waals surface area contributed by atoms with Gasteiger partial charge in [0.15, 0.2) is 0 Å². The molecule has 1 aromatic rings. The second-order valence-corrected chi connectivity index (χ2v) is 7.40. The number of nitrogens with one attached hydrogen (secondary N) is 1. The average molecular weight is 312 g/mol. The summed E-state index contributed by atoms with van der Waals surface area (Å²) in [6, 6.07) is 8.92. The first-order valence-corrected chi connectivity index (χ1v) is 9.71. The maximum Gasteiger partial charge on any atom is 0.124 e. The first-order chi connectivity index (χ1) is 9.86. The lowest BCUT2D eigenvalue weighted by Crippen LogP contribution is -2.34. The van der Waals surface area contributed by atoms with Gasteiger partial charge in [-0.2, -0.15) is 23.5 Å². The van der Waals surface area contributed by atoms with Crippen molar-refractivity contribution in [2.75, 3.05) is 30.4 Å². The maximum atomic E-state index is 5.95. The van der Waals surface area contributed by atoms with E-state index >= 15 is 0 Å². The molecule has 0 saturated carbocycles. The lowest BCUT2D eigenvalue weighted by atomic mass is 10.0. The Morgan fingerprint density at radius 3 is 2.85 bits per heavy atom. The number of benzene rings is 1. The van der Waals surface area contributed by atoms with E-state index in [0.29, 0.717) is 11.3 Å². The van der Waals surface area contributed by atoms with Gasteiger partial charge in [-0.3, -0.25) is 0 Å². The summed E-state index contributed by atoms with van der Waals surface area (Å²) in [5.74, 6) is 4.82. The van der Waals surface area contributed by atoms with Crippen LogP contribution in [-0.4, -0.2) is 35.7 Å². The molecule has 0 radical (unpaired) electrons. The van der Waals surface area contributed by atoms with E-state index in [1.54, 1.807) is 0 Å². The molecule has 2 rings (SSSR count). The van der Waals surface area contributed by atoms with Gasteiger partial charge in [0, 0.05) is 34.1 Å². The van der Waals surface area contributed by atoms with E-state index in [1.807, 2.05) is 0 Å². The quantitative estimate of drug-likeness (QED) is 0.822. The third-order valence-electron chi connectivity index (χ3n) is 3.35. The first-order valence-electron chi connectivity index (χ1n) is 7.51. The summed E-state index contributed by atoms with van der Waals surface area (Å²) in [6.45, 7) is 6.12. The van der Waals surface area contributed by atoms with Crippen molar-refractivity contribution in [3.63, 3.8) is 0 Å². The Bertz CT molecular complexity index is 394. The van der Waals surface area contributed by atoms with Gasteiger partial charge in [-0.1, -0.05) is 32.0 Å². The monoisotopic (exact) mass is 311 g/mol. The molecule has 2 unspecified atom stereocenters. The zero-order chi connectivity index (χ0) is 14.2. The summed E-state index contributed by atoms with van der Waals surface area (Å²) in [4.78, 5) is 0. The van der Waals surface area contributed by atoms with Gasteiger partial charge >= 0.3 is 0 Å². The van der Waals surface area contributed by atoms with E-state index in [-0.39, 0.29) is 0 Å². The Balaban J connectivity index is 2.18. The van der Waals surface area contributed by atoms with Crippen molar-refractivity contribution >= 4 is 23.5 Å². The second-order valence-electron chi connectivity index (χ2n) is 4.91. The van der Waals surface area contributed by atoms with Crippen LogP contribution in [0.2, 0.25) is 0 Å². The minimum Gasteiger partial charge on any atom is -0.493 e. The van der Waals surface area contributed by atoms with Crippen molar-refractivity contribution in [1.82, 2.24) is 5.32 Å². The van der Waals surface area contributed by atoms with Crippen molar-refractivity contribution in [2.24, 2.45) is 0 Å². The number of thioether (sulfide) groups is 2. The molecule has 0 amide bonds. The Morgan fingerprint density at radius 1 is 1.30 bits per heavy atom. The summed E-state index contributed by atoms with van der Waals surface area (Å²) in [5, 5.41) is 4.31. The molecule has 0 bridgehead atoms. The van der Waals surface area contributed by atoms with Gasteiger partial charge in [-0.15, -0.1) is 0 Å². The molecule has 1 fully saturated rings. The van der Waals surface area contributed by atoms with E-state index in [1.165, 1.54) is 22.8 Å². The van der Waals surface area contributed by atoms with Gasteiger partial charge in [0.1, 0.15) is 5.75 Å². The van der Waals surface area contributed by atoms with Crippen molar-refractivity contribution in [2.45, 2.75) is 31.6 Å². The predicted molar refractivity (Wildman–Crippen MR) is 92.2 cm³/mol. The molecule has 2 nitrogen and oxygen atoms in total. The smallest absolute Gasteiger partial charge is 0.124 e. The van der Waals surface area contributed by atoms with Gasteiger partial charge < -0.3 is 10.1 Å². The van der Waals surface area contributed by atoms with Crippen LogP contribution in [-0.2, 0) is 0 Å². The summed E-state index contributed by atoms with van der Waals surface area (Å²) in [6.07, 6.45) is 1.05. The number of hydrogen-bond donors (Lipinski definition) is 1. The van der Waals surface area contributed by atoms with Crippen molar-refractivity contribution in [3.8, 4) is 5.75 Å². The predicted octanol–water partition coefficient (Wildman–Crippen LogP) is 3.97. The highest BCUT2D eigenvalue weighted by molar-refractivity contribution is 8.06. The SMILES string of the molecule is CCCOc1ccccc1C(NCC)C1CSCCS1. The molecule has 1 aliphatic heterocycles. The molecule has 112 valence electrons. The molecule has 20 heavy (non-hydrogen) atoms. The van der Waals surface area contributed by atoms with Crippen LogP contribution in [0.3, 0.4) is 0 Å². The highest BCUT2D eigenvalue weighted by Gasteiger charge is 2.27. The Morgan fingerprint density at radius 2 is 2.15 bits per heavy atom. The summed E-state index contributed by atoms with van der Waals surface area (Å²) < 4.78 is 5.95. The van der Waals surface area contributed by atoms with Crippen LogP contribution in [0.1, 0.15) is 31.9 Å². The molecular weight excluding hydrogens is 286 g/mol. The second kappa shape index (κ2) is 8.85. The average Bonchev–Trinajstić information content (AvgIpc) is 2.52. The van der Waals surface area contributed by atoms with Crippen LogP contribution >= 0.6 is 23.5 Å². The van der Waals surface area contributed by atoms with Gasteiger partial charge in [0.05, 0.1) is 6.61 Å². The molecule has 0 spiro atoms. The fraction of sp³-hybridized carbons (Fsp3) is 0.625. The molecule has 1 heterocycles. The lowest BCUT2D eigenvalue weighted by molar-refractivity contribution is 0.310. The normalized spacial score (nSPS) is 20.6. The molecule has 2 atom stereocenters. The highest BCUT2D eigenvalue weighted by Crippen LogP contribution is 2.37. The Hall–Kier alpha value is -0.320. The van der Waals surface area contributed by atoms with E-state index in [4.69, 9.17) is 4.74 Å². The van der Waals surface area contributed by atoms with Crippen LogP contribution in [0, 0.1) is 0 Å². The standard InChI is InChI=1S/C16H25NOS2/c1-3-9-18-14-8-6-5-7-13(14)16(17-4-2)15-12-19-10-11-20-15/h5-8,15-17H,3-4,9-12H2,1-2H3. The fourth-order valence-corrected chi connectivity index (χ4v) is 5.30. The van der Waals surface area contributed by atoms with Crippen molar-refractivity contribution in [1.29, 1.82) is 0 Å². The fourth-order valence-electron chi connectivity index (χ4n) is 2.44. The topological polar surface area (TPSA) is 21.3 Å². The maximum absolute atomic E-state index is 5.95. The van der Waals surface area contributed by atoms with E-state index in [2.05, 4.69) is 67.0 Å². The molecule has 4 heteroatoms. The Kier molecular flexibility index (Phi) is 7.11. The third kappa shape index (κ3) is 4.34. The Labute approximate surface area is 131 Å². The minimum absolute atomic E-state index is 0.394. The van der Waals surface area contributed by atoms with Crippen LogP contribution in [0.15, 0.2) is 24.3 Å². The summed E-state index contributed by atoms with van der Waals surface area (Å²) in [5.41, 5.74) is 1.32. The van der Waals surface area contributed by atoms with E-state index < -0.39 is 0 Å². The summed E-state index contributed by atoms with van der Waals surface area (Å²) in [7, 11) is 0. The number of rotatable bonds is 7. The van der Waals surface area contributed by atoms with E-state index in [9.17, 15) is 0 Å². The number of hydrogen-bond acceptors (Lipinski definition) is 4. The largest absolute Gasteiger partial charge is 0.493 e. The van der Waals surface area contributed by atoms with Crippen LogP contribution < -0.4 is 10.1 Å². The summed E-state index contributed by atoms with van der Waals surface area (Å²) >= 11 is 4.17. The molecule has 1 N–H and O–H groups in total. The molecule has 0 aromatic heterocycles.